The lowest BCUT2D eigenvalue weighted by Gasteiger charge is -2.15. The molecule has 0 saturated carbocycles. The molecular formula is C6H12F6Si2. The molecule has 0 amide bonds. The summed E-state index contributed by atoms with van der Waals surface area (Å²) in [6.45, 7) is 1.37. The Balaban J connectivity index is 3.87. The van der Waals surface area contributed by atoms with Gasteiger partial charge in [0, 0.05) is 11.6 Å². The Morgan fingerprint density at radius 2 is 1.50 bits per heavy atom. The first-order chi connectivity index (χ1) is 6.17. The van der Waals surface area contributed by atoms with Crippen molar-refractivity contribution in [3.8, 4) is 0 Å². The highest BCUT2D eigenvalue weighted by Crippen LogP contribution is 2.34. The molecule has 0 aliphatic carbocycles. The zero-order chi connectivity index (χ0) is 11.4. The first kappa shape index (κ1) is 14.0. The molecule has 1 atom stereocenters. The molecule has 0 heterocycles. The summed E-state index contributed by atoms with van der Waals surface area (Å²) < 4.78 is 72.0. The van der Waals surface area contributed by atoms with E-state index in [9.17, 15) is 24.6 Å². The van der Waals surface area contributed by atoms with E-state index in [4.69, 9.17) is 0 Å². The minimum atomic E-state index is -5.73. The van der Waals surface area contributed by atoms with E-state index >= 15 is 0 Å². The van der Waals surface area contributed by atoms with E-state index < -0.39 is 29.7 Å². The van der Waals surface area contributed by atoms with E-state index in [1.54, 1.807) is 0 Å². The van der Waals surface area contributed by atoms with Gasteiger partial charge in [-0.05, 0) is 19.3 Å². The molecule has 86 valence electrons. The molecule has 0 radical (unpaired) electrons. The van der Waals surface area contributed by atoms with Crippen LogP contribution in [0.5, 0.6) is 0 Å². The third-order valence-electron chi connectivity index (χ3n) is 1.97. The summed E-state index contributed by atoms with van der Waals surface area (Å²) >= 11 is 0. The van der Waals surface area contributed by atoms with Crippen molar-refractivity contribution in [3.63, 3.8) is 0 Å². The van der Waals surface area contributed by atoms with Gasteiger partial charge in [-0.3, -0.25) is 0 Å². The van der Waals surface area contributed by atoms with Crippen LogP contribution in [0.25, 0.3) is 0 Å². The lowest BCUT2D eigenvalue weighted by molar-refractivity contribution is 0.407. The lowest BCUT2D eigenvalue weighted by Crippen LogP contribution is -2.24. The van der Waals surface area contributed by atoms with Crippen molar-refractivity contribution < 1.29 is 24.6 Å². The summed E-state index contributed by atoms with van der Waals surface area (Å²) in [5.41, 5.74) is -1.45. The Labute approximate surface area is 81.4 Å². The maximum absolute atomic E-state index is 12.2. The highest BCUT2D eigenvalue weighted by atomic mass is 28.5. The maximum Gasteiger partial charge on any atom is 0.619 e. The van der Waals surface area contributed by atoms with Gasteiger partial charge in [0.2, 0.25) is 0 Å². The molecule has 0 aliphatic heterocycles. The molecule has 0 nitrogen and oxygen atoms in total. The normalized spacial score (nSPS) is 15.6. The van der Waals surface area contributed by atoms with Gasteiger partial charge >= 0.3 is 18.2 Å². The Hall–Kier alpha value is 0.0138. The zero-order valence-electron chi connectivity index (χ0n) is 7.67. The summed E-state index contributed by atoms with van der Waals surface area (Å²) in [5.74, 6) is 0. The van der Waals surface area contributed by atoms with E-state index in [1.165, 1.54) is 6.92 Å². The molecule has 0 rings (SSSR count). The second kappa shape index (κ2) is 5.20. The fourth-order valence-corrected chi connectivity index (χ4v) is 2.75. The van der Waals surface area contributed by atoms with Crippen LogP contribution >= 0.6 is 0 Å². The van der Waals surface area contributed by atoms with Gasteiger partial charge in [-0.15, -0.1) is 0 Å². The van der Waals surface area contributed by atoms with Gasteiger partial charge in [0.25, 0.3) is 0 Å². The van der Waals surface area contributed by atoms with Gasteiger partial charge in [0.05, 0.1) is 0 Å². The fourth-order valence-electron chi connectivity index (χ4n) is 1.15. The quantitative estimate of drug-likeness (QED) is 0.378. The van der Waals surface area contributed by atoms with Crippen LogP contribution in [0.3, 0.4) is 0 Å². The SMILES string of the molecule is CCC(CCC[Si](F)(F)F)[Si](F)(F)F. The van der Waals surface area contributed by atoms with E-state index in [-0.39, 0.29) is 19.3 Å². The highest BCUT2D eigenvalue weighted by molar-refractivity contribution is 6.60. The van der Waals surface area contributed by atoms with E-state index in [2.05, 4.69) is 0 Å². The van der Waals surface area contributed by atoms with E-state index in [0.717, 1.165) is 0 Å². The first-order valence-corrected chi connectivity index (χ1v) is 7.85. The van der Waals surface area contributed by atoms with Crippen LogP contribution in [-0.2, 0) is 0 Å². The van der Waals surface area contributed by atoms with Crippen molar-refractivity contribution in [1.82, 2.24) is 0 Å². The minimum absolute atomic E-state index is 0.0882. The van der Waals surface area contributed by atoms with Gasteiger partial charge in [-0.2, -0.15) is 0 Å². The maximum atomic E-state index is 12.2. The van der Waals surface area contributed by atoms with Crippen molar-refractivity contribution >= 4 is 18.2 Å². The van der Waals surface area contributed by atoms with Crippen LogP contribution in [0.2, 0.25) is 11.6 Å². The molecule has 0 aromatic heterocycles. The zero-order valence-corrected chi connectivity index (χ0v) is 9.67. The van der Waals surface area contributed by atoms with Gasteiger partial charge in [0.15, 0.2) is 0 Å². The third kappa shape index (κ3) is 6.47. The average Bonchev–Trinajstić information content (AvgIpc) is 1.93. The Morgan fingerprint density at radius 1 is 1.00 bits per heavy atom. The molecule has 0 bridgehead atoms. The molecule has 0 spiro atoms. The Kier molecular flexibility index (Phi) is 5.20. The molecule has 0 aliphatic rings. The second-order valence-corrected chi connectivity index (χ2v) is 6.78. The van der Waals surface area contributed by atoms with Gasteiger partial charge in [-0.25, -0.2) is 24.6 Å². The number of rotatable bonds is 6. The summed E-state index contributed by atoms with van der Waals surface area (Å²) in [4.78, 5) is 0. The largest absolute Gasteiger partial charge is 0.619 e. The van der Waals surface area contributed by atoms with Crippen molar-refractivity contribution in [2.45, 2.75) is 37.8 Å². The van der Waals surface area contributed by atoms with Gasteiger partial charge in [-0.1, -0.05) is 6.92 Å². The first-order valence-electron chi connectivity index (χ1n) is 4.30. The van der Waals surface area contributed by atoms with Crippen molar-refractivity contribution in [1.29, 1.82) is 0 Å². The number of hydrogen-bond donors (Lipinski definition) is 0. The summed E-state index contributed by atoms with van der Waals surface area (Å²) in [6, 6.07) is -0.978. The molecule has 0 saturated heterocycles. The minimum Gasteiger partial charge on any atom is -0.238 e. The predicted molar refractivity (Wildman–Crippen MR) is 46.2 cm³/mol. The van der Waals surface area contributed by atoms with Crippen LogP contribution in [0.15, 0.2) is 0 Å². The van der Waals surface area contributed by atoms with E-state index in [0.29, 0.717) is 0 Å². The van der Waals surface area contributed by atoms with Crippen LogP contribution in [0.4, 0.5) is 24.6 Å². The topological polar surface area (TPSA) is 0 Å². The molecule has 1 unspecified atom stereocenters. The van der Waals surface area contributed by atoms with Crippen LogP contribution in [-0.4, -0.2) is 18.2 Å². The Bertz CT molecular complexity index is 163. The standard InChI is InChI=1S/C6H12F6Si2/c1-2-6(14(10,11)12)4-3-5-13(7,8)9/h6H,2-5H2,1H3. The van der Waals surface area contributed by atoms with Crippen molar-refractivity contribution in [2.75, 3.05) is 0 Å². The predicted octanol–water partition coefficient (Wildman–Crippen LogP) is 4.24. The lowest BCUT2D eigenvalue weighted by atomic mass is 10.2. The smallest absolute Gasteiger partial charge is 0.238 e. The number of hydrogen-bond acceptors (Lipinski definition) is 0. The summed E-state index contributed by atoms with van der Waals surface area (Å²) in [6.07, 6.45) is -0.797. The molecule has 0 aromatic carbocycles. The van der Waals surface area contributed by atoms with Crippen LogP contribution in [0, 0.1) is 0 Å². The molecule has 0 aromatic rings. The highest BCUT2D eigenvalue weighted by Gasteiger charge is 2.46. The number of halogens is 6. The average molecular weight is 254 g/mol. The molecule has 14 heavy (non-hydrogen) atoms. The monoisotopic (exact) mass is 254 g/mol. The van der Waals surface area contributed by atoms with E-state index in [1.807, 2.05) is 0 Å². The molecular weight excluding hydrogens is 242 g/mol. The summed E-state index contributed by atoms with van der Waals surface area (Å²) in [7, 11) is -11.4. The van der Waals surface area contributed by atoms with Crippen LogP contribution < -0.4 is 0 Å². The molecule has 8 heteroatoms. The van der Waals surface area contributed by atoms with Crippen molar-refractivity contribution in [2.24, 2.45) is 0 Å². The fraction of sp³-hybridized carbons (Fsp3) is 1.00. The van der Waals surface area contributed by atoms with Crippen molar-refractivity contribution in [3.05, 3.63) is 0 Å². The van der Waals surface area contributed by atoms with Gasteiger partial charge in [0.1, 0.15) is 0 Å². The molecule has 0 fully saturated rings. The molecule has 0 N–H and O–H groups in total. The Morgan fingerprint density at radius 3 is 1.79 bits per heavy atom. The third-order valence-corrected chi connectivity index (χ3v) is 4.51. The second-order valence-electron chi connectivity index (χ2n) is 3.15. The summed E-state index contributed by atoms with van der Waals surface area (Å²) in [5, 5.41) is 0. The van der Waals surface area contributed by atoms with Crippen LogP contribution in [0.1, 0.15) is 26.2 Å². The van der Waals surface area contributed by atoms with Gasteiger partial charge < -0.3 is 0 Å².